The summed E-state index contributed by atoms with van der Waals surface area (Å²) in [6, 6.07) is 6.87. The lowest BCUT2D eigenvalue weighted by Crippen LogP contribution is -2.58. The summed E-state index contributed by atoms with van der Waals surface area (Å²) < 4.78 is 48.4. The maximum atomic E-state index is 16.8. The van der Waals surface area contributed by atoms with Crippen molar-refractivity contribution in [2.45, 2.75) is 38.6 Å². The molecule has 0 radical (unpaired) electrons. The third kappa shape index (κ3) is 5.12. The Labute approximate surface area is 243 Å². The van der Waals surface area contributed by atoms with Crippen LogP contribution in [-0.2, 0) is 0 Å². The van der Waals surface area contributed by atoms with E-state index in [2.05, 4.69) is 16.9 Å². The summed E-state index contributed by atoms with van der Waals surface area (Å²) in [5, 5.41) is 33.2. The Morgan fingerprint density at radius 3 is 2.50 bits per heavy atom. The van der Waals surface area contributed by atoms with Crippen molar-refractivity contribution >= 4 is 22.9 Å². The van der Waals surface area contributed by atoms with Crippen molar-refractivity contribution in [2.24, 2.45) is 0 Å². The Balaban J connectivity index is 1.76. The number of benzene rings is 2. The van der Waals surface area contributed by atoms with Crippen LogP contribution in [0.1, 0.15) is 36.3 Å². The van der Waals surface area contributed by atoms with Gasteiger partial charge in [-0.15, -0.1) is 0 Å². The number of nitrogens with one attached hydrogen (secondary N) is 2. The molecule has 4 N–H and O–H groups in total. The average molecular weight is 581 g/mol. The van der Waals surface area contributed by atoms with Crippen molar-refractivity contribution in [1.82, 2.24) is 14.8 Å². The number of hydrogen-bond donors (Lipinski definition) is 4. The van der Waals surface area contributed by atoms with Gasteiger partial charge in [0.1, 0.15) is 17.9 Å². The molecule has 0 aliphatic carbocycles. The molecule has 0 amide bonds. The van der Waals surface area contributed by atoms with Gasteiger partial charge in [0.05, 0.1) is 40.0 Å². The highest BCUT2D eigenvalue weighted by molar-refractivity contribution is 6.09. The molecule has 0 saturated carbocycles. The van der Waals surface area contributed by atoms with E-state index in [9.17, 15) is 15.6 Å². The summed E-state index contributed by atoms with van der Waals surface area (Å²) in [6.45, 7) is 8.48. The Bertz CT molecular complexity index is 1530. The minimum atomic E-state index is -1.06. The number of aryl methyl sites for hydroxylation is 1. The third-order valence-corrected chi connectivity index (χ3v) is 8.13. The molecule has 0 bridgehead atoms. The van der Waals surface area contributed by atoms with Crippen LogP contribution in [0.5, 0.6) is 0 Å². The van der Waals surface area contributed by atoms with Crippen LogP contribution >= 0.6 is 0 Å². The molecule has 1 saturated heterocycles. The number of amidine groups is 1. The van der Waals surface area contributed by atoms with Crippen molar-refractivity contribution < 1.29 is 23.4 Å². The van der Waals surface area contributed by atoms with Gasteiger partial charge in [-0.1, -0.05) is 24.8 Å². The summed E-state index contributed by atoms with van der Waals surface area (Å²) in [5.41, 5.74) is 0.136. The third-order valence-electron chi connectivity index (χ3n) is 8.13. The van der Waals surface area contributed by atoms with Gasteiger partial charge in [0.2, 0.25) is 0 Å². The van der Waals surface area contributed by atoms with E-state index in [0.717, 1.165) is 6.07 Å². The molecule has 3 heterocycles. The maximum absolute atomic E-state index is 16.8. The normalized spacial score (nSPS) is 19.0. The van der Waals surface area contributed by atoms with Crippen molar-refractivity contribution in [1.29, 1.82) is 5.41 Å². The zero-order valence-electron chi connectivity index (χ0n) is 23.8. The van der Waals surface area contributed by atoms with Crippen molar-refractivity contribution in [3.63, 3.8) is 0 Å². The Kier molecular flexibility index (Phi) is 8.27. The van der Waals surface area contributed by atoms with Crippen LogP contribution in [0.4, 0.5) is 30.2 Å². The predicted molar refractivity (Wildman–Crippen MR) is 158 cm³/mol. The van der Waals surface area contributed by atoms with Crippen LogP contribution < -0.4 is 10.2 Å². The van der Waals surface area contributed by atoms with Gasteiger partial charge in [0, 0.05) is 51.0 Å². The second kappa shape index (κ2) is 11.7. The molecule has 8 nitrogen and oxygen atoms in total. The minimum Gasteiger partial charge on any atom is -0.387 e. The van der Waals surface area contributed by atoms with Crippen LogP contribution in [0.25, 0.3) is 11.1 Å². The minimum absolute atomic E-state index is 0.0187. The molecular formula is C31H35F3N6O2. The molecule has 3 aromatic rings. The summed E-state index contributed by atoms with van der Waals surface area (Å²) in [6.07, 6.45) is 1.63. The fourth-order valence-electron chi connectivity index (χ4n) is 5.88. The first-order chi connectivity index (χ1) is 20.0. The SMILES string of the molecule is C=CC(O)N1CCN2C(=N)c3c(Nc4c(C)ccnc4C(C)O)c(F)c(-c4ccccc4F)c(F)c3N(C)CCC2C1. The number of piperazine rings is 1. The first kappa shape index (κ1) is 29.6. The summed E-state index contributed by atoms with van der Waals surface area (Å²) in [5.74, 6) is -2.92. The number of aliphatic hydroxyl groups is 2. The second-order valence-electron chi connectivity index (χ2n) is 10.8. The molecule has 1 aromatic heterocycles. The van der Waals surface area contributed by atoms with Gasteiger partial charge in [-0.3, -0.25) is 15.3 Å². The van der Waals surface area contributed by atoms with Crippen LogP contribution in [0.2, 0.25) is 0 Å². The number of aromatic nitrogens is 1. The number of pyridine rings is 1. The largest absolute Gasteiger partial charge is 0.387 e. The van der Waals surface area contributed by atoms with Crippen molar-refractivity contribution in [2.75, 3.05) is 43.4 Å². The number of anilines is 3. The topological polar surface area (TPSA) is 99.0 Å². The molecule has 2 aliphatic heterocycles. The quantitative estimate of drug-likeness (QED) is 0.307. The van der Waals surface area contributed by atoms with Gasteiger partial charge in [-0.2, -0.15) is 0 Å². The highest BCUT2D eigenvalue weighted by Crippen LogP contribution is 2.45. The molecule has 5 rings (SSSR count). The monoisotopic (exact) mass is 580 g/mol. The number of rotatable bonds is 6. The fourth-order valence-corrected chi connectivity index (χ4v) is 5.88. The van der Waals surface area contributed by atoms with Gasteiger partial charge < -0.3 is 25.3 Å². The molecule has 11 heteroatoms. The lowest BCUT2D eigenvalue weighted by Gasteiger charge is -2.46. The van der Waals surface area contributed by atoms with Crippen LogP contribution in [-0.4, -0.2) is 76.3 Å². The standard InChI is InChI=1S/C31H35F3N6O2/c1-5-22(42)39-14-15-40-19(16-39)11-13-38(4)30-24(31(40)35)29(37-27-17(2)10-12-36-28(27)18(3)41)25(33)23(26(30)34)20-8-6-7-9-21(20)32/h5-10,12,18-19,22,35,37,41-42H,1,11,13-16H2,2-4H3. The van der Waals surface area contributed by atoms with E-state index in [0.29, 0.717) is 43.9 Å². The number of hydrogen-bond acceptors (Lipinski definition) is 7. The highest BCUT2D eigenvalue weighted by Gasteiger charge is 2.39. The smallest absolute Gasteiger partial charge is 0.158 e. The molecule has 1 fully saturated rings. The van der Waals surface area contributed by atoms with Gasteiger partial charge in [-0.05, 0) is 44.0 Å². The van der Waals surface area contributed by atoms with E-state index < -0.39 is 35.3 Å². The van der Waals surface area contributed by atoms with Crippen LogP contribution in [0.3, 0.4) is 0 Å². The highest BCUT2D eigenvalue weighted by atomic mass is 19.1. The fraction of sp³-hybridized carbons (Fsp3) is 0.355. The zero-order chi connectivity index (χ0) is 30.3. The van der Waals surface area contributed by atoms with Crippen molar-refractivity contribution in [3.05, 3.63) is 83.5 Å². The summed E-state index contributed by atoms with van der Waals surface area (Å²) >= 11 is 0. The lowest BCUT2D eigenvalue weighted by molar-refractivity contribution is -0.00205. The molecule has 2 aliphatic rings. The van der Waals surface area contributed by atoms with E-state index in [-0.39, 0.29) is 40.1 Å². The number of halogens is 3. The van der Waals surface area contributed by atoms with E-state index >= 15 is 13.2 Å². The van der Waals surface area contributed by atoms with Gasteiger partial charge in [0.25, 0.3) is 0 Å². The second-order valence-corrected chi connectivity index (χ2v) is 10.8. The van der Waals surface area contributed by atoms with E-state index in [1.165, 1.54) is 37.4 Å². The number of nitrogens with zero attached hydrogens (tertiary/aromatic N) is 4. The maximum Gasteiger partial charge on any atom is 0.158 e. The first-order valence-electron chi connectivity index (χ1n) is 13.9. The zero-order valence-corrected chi connectivity index (χ0v) is 23.8. The molecule has 222 valence electrons. The van der Waals surface area contributed by atoms with Crippen LogP contribution in [0, 0.1) is 29.8 Å². The lowest BCUT2D eigenvalue weighted by atomic mass is 9.93. The Hall–Kier alpha value is -3.93. The Morgan fingerprint density at radius 1 is 1.07 bits per heavy atom. The van der Waals surface area contributed by atoms with E-state index in [1.54, 1.807) is 29.8 Å². The van der Waals surface area contributed by atoms with Gasteiger partial charge in [-0.25, -0.2) is 13.2 Å². The molecule has 2 aromatic carbocycles. The molecule has 0 spiro atoms. The number of aliphatic hydroxyl groups excluding tert-OH is 2. The summed E-state index contributed by atoms with van der Waals surface area (Å²) in [4.78, 5) is 9.55. The van der Waals surface area contributed by atoms with Gasteiger partial charge in [0.15, 0.2) is 11.6 Å². The number of fused-ring (bicyclic) bond motifs is 2. The average Bonchev–Trinajstić information content (AvgIpc) is 2.97. The molecule has 3 unspecified atom stereocenters. The first-order valence-corrected chi connectivity index (χ1v) is 13.9. The molecular weight excluding hydrogens is 545 g/mol. The Morgan fingerprint density at radius 2 is 1.81 bits per heavy atom. The van der Waals surface area contributed by atoms with E-state index in [4.69, 9.17) is 0 Å². The summed E-state index contributed by atoms with van der Waals surface area (Å²) in [7, 11) is 1.66. The van der Waals surface area contributed by atoms with Crippen molar-refractivity contribution in [3.8, 4) is 11.1 Å². The van der Waals surface area contributed by atoms with Gasteiger partial charge >= 0.3 is 0 Å². The van der Waals surface area contributed by atoms with Crippen LogP contribution in [0.15, 0.2) is 49.2 Å². The molecule has 42 heavy (non-hydrogen) atoms. The van der Waals surface area contributed by atoms with E-state index in [1.807, 2.05) is 4.90 Å². The molecule has 3 atom stereocenters. The predicted octanol–water partition coefficient (Wildman–Crippen LogP) is 4.93.